The summed E-state index contributed by atoms with van der Waals surface area (Å²) in [5.74, 6) is 0.464. The molecular formula is C40H46N2O2S2. The summed E-state index contributed by atoms with van der Waals surface area (Å²) in [6.45, 7) is 8.53. The molecule has 0 bridgehead atoms. The zero-order valence-electron chi connectivity index (χ0n) is 27.4. The second kappa shape index (κ2) is 15.6. The highest BCUT2D eigenvalue weighted by Crippen LogP contribution is 2.45. The minimum absolute atomic E-state index is 0.0896. The average Bonchev–Trinajstić information content (AvgIpc) is 3.03. The number of carbonyl (C=O) groups excluding carboxylic acids is 2. The summed E-state index contributed by atoms with van der Waals surface area (Å²) >= 11 is 3.17. The summed E-state index contributed by atoms with van der Waals surface area (Å²) in [4.78, 5) is 32.5. The normalized spacial score (nSPS) is 15.2. The smallest absolute Gasteiger partial charge is 0.196 e. The van der Waals surface area contributed by atoms with Gasteiger partial charge in [0.1, 0.15) is 0 Å². The Labute approximate surface area is 283 Å². The van der Waals surface area contributed by atoms with Crippen molar-refractivity contribution in [3.05, 3.63) is 118 Å². The number of hydrogen-bond donors (Lipinski definition) is 2. The first-order valence-electron chi connectivity index (χ1n) is 16.6. The van der Waals surface area contributed by atoms with E-state index in [0.29, 0.717) is 34.1 Å². The van der Waals surface area contributed by atoms with Gasteiger partial charge in [0.15, 0.2) is 11.6 Å². The van der Waals surface area contributed by atoms with E-state index in [1.807, 2.05) is 36.4 Å². The van der Waals surface area contributed by atoms with Crippen LogP contribution in [0, 0.1) is 0 Å². The molecule has 4 nitrogen and oxygen atoms in total. The average molecular weight is 651 g/mol. The molecule has 0 amide bonds. The maximum absolute atomic E-state index is 14.6. The van der Waals surface area contributed by atoms with E-state index in [-0.39, 0.29) is 23.7 Å². The van der Waals surface area contributed by atoms with Crippen LogP contribution in [0.2, 0.25) is 0 Å². The van der Waals surface area contributed by atoms with Crippen LogP contribution < -0.4 is 11.5 Å². The molecule has 46 heavy (non-hydrogen) atoms. The van der Waals surface area contributed by atoms with Crippen LogP contribution in [0.25, 0.3) is 0 Å². The highest BCUT2D eigenvalue weighted by atomic mass is 32.2. The lowest BCUT2D eigenvalue weighted by Gasteiger charge is -2.25. The zero-order valence-corrected chi connectivity index (χ0v) is 29.1. The molecule has 0 radical (unpaired) electrons. The first-order valence-corrected chi connectivity index (χ1v) is 18.3. The van der Waals surface area contributed by atoms with Crippen molar-refractivity contribution in [3.8, 4) is 0 Å². The Balaban J connectivity index is 1.55. The fourth-order valence-electron chi connectivity index (χ4n) is 6.80. The molecule has 4 aromatic rings. The van der Waals surface area contributed by atoms with Crippen molar-refractivity contribution < 1.29 is 9.59 Å². The topological polar surface area (TPSA) is 86.2 Å². The van der Waals surface area contributed by atoms with Crippen molar-refractivity contribution in [3.63, 3.8) is 0 Å². The molecule has 4 unspecified atom stereocenters. The van der Waals surface area contributed by atoms with E-state index >= 15 is 0 Å². The van der Waals surface area contributed by atoms with E-state index in [2.05, 4.69) is 64.1 Å². The van der Waals surface area contributed by atoms with Crippen LogP contribution >= 0.6 is 23.5 Å². The molecule has 1 aliphatic rings. The number of carbonyl (C=O) groups is 2. The SMILES string of the molecule is CCCC(CC(C)N)c1ccccc1Sc1cccc2c1C(=O)c1c(Sc3ccccc3C(CCC)CC(C)N)cccc1C2=O. The van der Waals surface area contributed by atoms with Gasteiger partial charge in [-0.25, -0.2) is 0 Å². The maximum Gasteiger partial charge on any atom is 0.196 e. The van der Waals surface area contributed by atoms with Gasteiger partial charge in [-0.05, 0) is 86.8 Å². The van der Waals surface area contributed by atoms with Crippen molar-refractivity contribution in [2.24, 2.45) is 11.5 Å². The van der Waals surface area contributed by atoms with Gasteiger partial charge in [0, 0.05) is 53.9 Å². The molecule has 0 saturated carbocycles. The number of nitrogens with two attached hydrogens (primary N) is 2. The van der Waals surface area contributed by atoms with Crippen molar-refractivity contribution in [2.75, 3.05) is 0 Å². The standard InChI is InChI=1S/C40H46N2O2S2/c1-5-13-27(23-25(3)41)29-15-7-9-19-33(29)45-35-21-11-17-31-37(35)40(44)38-32(39(31)43)18-12-22-36(38)46-34-20-10-8-16-30(34)28(14-6-2)24-26(4)42/h7-12,15-22,25-28H,5-6,13-14,23-24,41-42H2,1-4H3. The van der Waals surface area contributed by atoms with Crippen LogP contribution in [0.1, 0.15) is 121 Å². The fourth-order valence-corrected chi connectivity index (χ4v) is 9.18. The van der Waals surface area contributed by atoms with Gasteiger partial charge in [-0.15, -0.1) is 0 Å². The molecule has 4 N–H and O–H groups in total. The lowest BCUT2D eigenvalue weighted by Crippen LogP contribution is -2.22. The third-order valence-corrected chi connectivity index (χ3v) is 11.0. The molecule has 6 heteroatoms. The summed E-state index contributed by atoms with van der Waals surface area (Å²) in [6, 6.07) is 28.4. The van der Waals surface area contributed by atoms with Gasteiger partial charge in [0.2, 0.25) is 0 Å². The summed E-state index contributed by atoms with van der Waals surface area (Å²) in [5, 5.41) is 0. The van der Waals surface area contributed by atoms with Gasteiger partial charge >= 0.3 is 0 Å². The van der Waals surface area contributed by atoms with Gasteiger partial charge in [-0.1, -0.05) is 111 Å². The Kier molecular flexibility index (Phi) is 11.6. The second-order valence-electron chi connectivity index (χ2n) is 12.7. The Morgan fingerprint density at radius 1 is 0.543 bits per heavy atom. The molecule has 0 aliphatic heterocycles. The van der Waals surface area contributed by atoms with Crippen LogP contribution in [-0.4, -0.2) is 23.7 Å². The first-order chi connectivity index (χ1) is 22.2. The van der Waals surface area contributed by atoms with Gasteiger partial charge in [0.05, 0.1) is 0 Å². The maximum atomic E-state index is 14.6. The Bertz CT molecular complexity index is 1580. The van der Waals surface area contributed by atoms with E-state index in [1.54, 1.807) is 35.7 Å². The highest BCUT2D eigenvalue weighted by molar-refractivity contribution is 7.99. The Morgan fingerprint density at radius 2 is 0.935 bits per heavy atom. The fraction of sp³-hybridized carbons (Fsp3) is 0.350. The van der Waals surface area contributed by atoms with E-state index in [4.69, 9.17) is 11.5 Å². The van der Waals surface area contributed by atoms with E-state index < -0.39 is 0 Å². The van der Waals surface area contributed by atoms with E-state index in [1.165, 1.54) is 11.1 Å². The van der Waals surface area contributed by atoms with Crippen LogP contribution in [-0.2, 0) is 0 Å². The zero-order chi connectivity index (χ0) is 32.8. The third kappa shape index (κ3) is 7.52. The predicted molar refractivity (Wildman–Crippen MR) is 193 cm³/mol. The summed E-state index contributed by atoms with van der Waals surface area (Å²) in [5.41, 5.74) is 17.0. The third-order valence-electron chi connectivity index (χ3n) is 8.74. The lowest BCUT2D eigenvalue weighted by atomic mass is 9.84. The Hall–Kier alpha value is -3.16. The number of hydrogen-bond acceptors (Lipinski definition) is 6. The first kappa shape index (κ1) is 34.2. The predicted octanol–water partition coefficient (Wildman–Crippen LogP) is 10.0. The molecule has 0 saturated heterocycles. The molecule has 0 heterocycles. The van der Waals surface area contributed by atoms with Gasteiger partial charge in [0.25, 0.3) is 0 Å². The van der Waals surface area contributed by atoms with Crippen LogP contribution in [0.4, 0.5) is 0 Å². The summed E-state index contributed by atoms with van der Waals surface area (Å²) in [6.07, 6.45) is 6.01. The number of benzene rings is 4. The lowest BCUT2D eigenvalue weighted by molar-refractivity contribution is 0.0974. The van der Waals surface area contributed by atoms with Gasteiger partial charge in [-0.2, -0.15) is 0 Å². The summed E-state index contributed by atoms with van der Waals surface area (Å²) < 4.78 is 0. The van der Waals surface area contributed by atoms with Crippen LogP contribution in [0.3, 0.4) is 0 Å². The van der Waals surface area contributed by atoms with Crippen molar-refractivity contribution in [2.45, 2.75) is 110 Å². The highest BCUT2D eigenvalue weighted by Gasteiger charge is 2.34. The number of rotatable bonds is 14. The van der Waals surface area contributed by atoms with Crippen molar-refractivity contribution in [1.29, 1.82) is 0 Å². The molecular weight excluding hydrogens is 605 g/mol. The molecule has 5 rings (SSSR count). The molecule has 0 aromatic heterocycles. The number of fused-ring (bicyclic) bond motifs is 2. The Morgan fingerprint density at radius 3 is 1.33 bits per heavy atom. The van der Waals surface area contributed by atoms with Crippen LogP contribution in [0.15, 0.2) is 105 Å². The second-order valence-corrected chi connectivity index (χ2v) is 14.9. The molecule has 1 aliphatic carbocycles. The molecule has 4 atom stereocenters. The van der Waals surface area contributed by atoms with Gasteiger partial charge in [-0.3, -0.25) is 9.59 Å². The quantitative estimate of drug-likeness (QED) is 0.124. The van der Waals surface area contributed by atoms with Gasteiger partial charge < -0.3 is 11.5 Å². The molecule has 240 valence electrons. The molecule has 0 fully saturated rings. The summed E-state index contributed by atoms with van der Waals surface area (Å²) in [7, 11) is 0. The monoisotopic (exact) mass is 650 g/mol. The molecule has 0 spiro atoms. The minimum atomic E-state index is -0.0993. The number of ketones is 2. The van der Waals surface area contributed by atoms with Crippen molar-refractivity contribution in [1.82, 2.24) is 0 Å². The van der Waals surface area contributed by atoms with E-state index in [9.17, 15) is 9.59 Å². The van der Waals surface area contributed by atoms with Crippen LogP contribution in [0.5, 0.6) is 0 Å². The molecule has 4 aromatic carbocycles. The van der Waals surface area contributed by atoms with E-state index in [0.717, 1.165) is 58.1 Å². The minimum Gasteiger partial charge on any atom is -0.328 e. The van der Waals surface area contributed by atoms with Crippen molar-refractivity contribution >= 4 is 35.1 Å². The largest absolute Gasteiger partial charge is 0.328 e.